The highest BCUT2D eigenvalue weighted by Crippen LogP contribution is 2.29. The van der Waals surface area contributed by atoms with Crippen LogP contribution in [0.2, 0.25) is 0 Å². The van der Waals surface area contributed by atoms with Gasteiger partial charge in [-0.25, -0.2) is 4.79 Å². The van der Waals surface area contributed by atoms with E-state index < -0.39 is 0 Å². The van der Waals surface area contributed by atoms with Crippen LogP contribution in [0.25, 0.3) is 0 Å². The molecule has 5 nitrogen and oxygen atoms in total. The number of urea groups is 1. The molecule has 1 aliphatic carbocycles. The first kappa shape index (κ1) is 18.2. The van der Waals surface area contributed by atoms with Gasteiger partial charge >= 0.3 is 6.03 Å². The van der Waals surface area contributed by atoms with Crippen molar-refractivity contribution in [3.63, 3.8) is 0 Å². The molecule has 1 heterocycles. The van der Waals surface area contributed by atoms with Gasteiger partial charge in [0.25, 0.3) is 0 Å². The zero-order valence-corrected chi connectivity index (χ0v) is 15.5. The first-order chi connectivity index (χ1) is 12.1. The summed E-state index contributed by atoms with van der Waals surface area (Å²) >= 11 is 0. The molecule has 0 bridgehead atoms. The summed E-state index contributed by atoms with van der Waals surface area (Å²) in [6.07, 6.45) is 4.29. The Bertz CT molecular complexity index is 539. The molecular formula is C20H31N3O2. The van der Waals surface area contributed by atoms with Crippen LogP contribution in [0, 0.1) is 5.92 Å². The standard InChI is InChI=1S/C20H31N3O2/c1-22(2)19(12-16-6-4-3-5-7-16)13-21-20(24)23(18-8-9-18)14-17-10-11-25-15-17/h3-7,17-19H,8-15H2,1-2H3,(H,21,24). The van der Waals surface area contributed by atoms with Gasteiger partial charge in [0.15, 0.2) is 0 Å². The van der Waals surface area contributed by atoms with Gasteiger partial charge in [-0.2, -0.15) is 0 Å². The van der Waals surface area contributed by atoms with E-state index in [1.807, 2.05) is 6.07 Å². The normalized spacial score (nSPS) is 21.3. The van der Waals surface area contributed by atoms with Gasteiger partial charge in [0.1, 0.15) is 0 Å². The predicted molar refractivity (Wildman–Crippen MR) is 99.7 cm³/mol. The van der Waals surface area contributed by atoms with Crippen LogP contribution < -0.4 is 5.32 Å². The Balaban J connectivity index is 1.52. The third-order valence-electron chi connectivity index (χ3n) is 5.26. The molecule has 1 aromatic rings. The smallest absolute Gasteiger partial charge is 0.317 e. The fourth-order valence-electron chi connectivity index (χ4n) is 3.42. The molecule has 1 aliphatic heterocycles. The maximum absolute atomic E-state index is 12.7. The van der Waals surface area contributed by atoms with Crippen molar-refractivity contribution in [1.82, 2.24) is 15.1 Å². The number of carbonyl (C=O) groups excluding carboxylic acids is 1. The zero-order valence-electron chi connectivity index (χ0n) is 15.5. The fraction of sp³-hybridized carbons (Fsp3) is 0.650. The number of rotatable bonds is 8. The number of carbonyl (C=O) groups is 1. The summed E-state index contributed by atoms with van der Waals surface area (Å²) in [7, 11) is 4.16. The molecule has 2 atom stereocenters. The van der Waals surface area contributed by atoms with Crippen LogP contribution in [-0.4, -0.2) is 68.3 Å². The molecule has 0 spiro atoms. The lowest BCUT2D eigenvalue weighted by Crippen LogP contribution is -2.48. The van der Waals surface area contributed by atoms with E-state index in [9.17, 15) is 4.79 Å². The van der Waals surface area contributed by atoms with Crippen molar-refractivity contribution in [3.8, 4) is 0 Å². The number of nitrogens with one attached hydrogen (secondary N) is 1. The Labute approximate surface area is 151 Å². The second kappa shape index (κ2) is 8.68. The predicted octanol–water partition coefficient (Wildman–Crippen LogP) is 2.37. The lowest BCUT2D eigenvalue weighted by Gasteiger charge is -2.29. The Morgan fingerprint density at radius 2 is 2.00 bits per heavy atom. The maximum atomic E-state index is 12.7. The molecule has 138 valence electrons. The lowest BCUT2D eigenvalue weighted by molar-refractivity contribution is 0.160. The molecule has 1 saturated heterocycles. The summed E-state index contributed by atoms with van der Waals surface area (Å²) < 4.78 is 5.47. The van der Waals surface area contributed by atoms with Crippen LogP contribution in [0.5, 0.6) is 0 Å². The lowest BCUT2D eigenvalue weighted by atomic mass is 10.1. The summed E-state index contributed by atoms with van der Waals surface area (Å²) in [5.41, 5.74) is 1.30. The van der Waals surface area contributed by atoms with Crippen LogP contribution in [-0.2, 0) is 11.2 Å². The van der Waals surface area contributed by atoms with Crippen molar-refractivity contribution in [2.45, 2.75) is 37.8 Å². The number of hydrogen-bond acceptors (Lipinski definition) is 3. The minimum Gasteiger partial charge on any atom is -0.381 e. The van der Waals surface area contributed by atoms with E-state index in [1.54, 1.807) is 0 Å². The van der Waals surface area contributed by atoms with Crippen molar-refractivity contribution in [1.29, 1.82) is 0 Å². The fourth-order valence-corrected chi connectivity index (χ4v) is 3.42. The van der Waals surface area contributed by atoms with Gasteiger partial charge in [-0.05, 0) is 45.3 Å². The van der Waals surface area contributed by atoms with E-state index >= 15 is 0 Å². The largest absolute Gasteiger partial charge is 0.381 e. The van der Waals surface area contributed by atoms with Gasteiger partial charge in [-0.3, -0.25) is 0 Å². The van der Waals surface area contributed by atoms with E-state index in [0.717, 1.165) is 45.4 Å². The van der Waals surface area contributed by atoms with E-state index in [1.165, 1.54) is 5.56 Å². The second-order valence-electron chi connectivity index (χ2n) is 7.61. The van der Waals surface area contributed by atoms with E-state index in [-0.39, 0.29) is 6.03 Å². The molecule has 1 saturated carbocycles. The zero-order chi connectivity index (χ0) is 17.6. The number of likely N-dealkylation sites (N-methyl/N-ethyl adjacent to an activating group) is 1. The van der Waals surface area contributed by atoms with Crippen molar-refractivity contribution >= 4 is 6.03 Å². The van der Waals surface area contributed by atoms with Gasteiger partial charge < -0.3 is 19.9 Å². The molecule has 5 heteroatoms. The van der Waals surface area contributed by atoms with Gasteiger partial charge in [0, 0.05) is 37.7 Å². The SMILES string of the molecule is CN(C)C(CNC(=O)N(CC1CCOC1)C1CC1)Cc1ccccc1. The van der Waals surface area contributed by atoms with E-state index in [2.05, 4.69) is 53.5 Å². The molecule has 0 radical (unpaired) electrons. The highest BCUT2D eigenvalue weighted by atomic mass is 16.5. The Morgan fingerprint density at radius 3 is 2.60 bits per heavy atom. The van der Waals surface area contributed by atoms with Gasteiger partial charge in [-0.1, -0.05) is 30.3 Å². The summed E-state index contributed by atoms with van der Waals surface area (Å²) in [6, 6.07) is 11.3. The average molecular weight is 345 g/mol. The minimum atomic E-state index is 0.0920. The quantitative estimate of drug-likeness (QED) is 0.787. The maximum Gasteiger partial charge on any atom is 0.317 e. The van der Waals surface area contributed by atoms with Gasteiger partial charge in [-0.15, -0.1) is 0 Å². The van der Waals surface area contributed by atoms with Crippen molar-refractivity contribution in [2.24, 2.45) is 5.92 Å². The Morgan fingerprint density at radius 1 is 1.24 bits per heavy atom. The highest BCUT2D eigenvalue weighted by Gasteiger charge is 2.35. The molecule has 2 fully saturated rings. The average Bonchev–Trinajstić information content (AvgIpc) is 3.32. The van der Waals surface area contributed by atoms with Crippen LogP contribution in [0.3, 0.4) is 0 Å². The molecule has 1 aromatic carbocycles. The number of amides is 2. The molecular weight excluding hydrogens is 314 g/mol. The Kier molecular flexibility index (Phi) is 6.32. The monoisotopic (exact) mass is 345 g/mol. The van der Waals surface area contributed by atoms with E-state index in [4.69, 9.17) is 4.74 Å². The van der Waals surface area contributed by atoms with Crippen LogP contribution in [0.1, 0.15) is 24.8 Å². The number of ether oxygens (including phenoxy) is 1. The second-order valence-corrected chi connectivity index (χ2v) is 7.61. The molecule has 0 aromatic heterocycles. The first-order valence-corrected chi connectivity index (χ1v) is 9.46. The van der Waals surface area contributed by atoms with Crippen molar-refractivity contribution < 1.29 is 9.53 Å². The number of nitrogens with zero attached hydrogens (tertiary/aromatic N) is 2. The van der Waals surface area contributed by atoms with Crippen molar-refractivity contribution in [3.05, 3.63) is 35.9 Å². The minimum absolute atomic E-state index is 0.0920. The number of benzene rings is 1. The third kappa shape index (κ3) is 5.44. The molecule has 2 unspecified atom stereocenters. The summed E-state index contributed by atoms with van der Waals surface area (Å²) in [6.45, 7) is 3.14. The molecule has 2 aliphatic rings. The van der Waals surface area contributed by atoms with E-state index in [0.29, 0.717) is 24.5 Å². The topological polar surface area (TPSA) is 44.8 Å². The number of hydrogen-bond donors (Lipinski definition) is 1. The summed E-state index contributed by atoms with van der Waals surface area (Å²) in [5.74, 6) is 0.500. The molecule has 25 heavy (non-hydrogen) atoms. The first-order valence-electron chi connectivity index (χ1n) is 9.46. The highest BCUT2D eigenvalue weighted by molar-refractivity contribution is 5.75. The summed E-state index contributed by atoms with van der Waals surface area (Å²) in [4.78, 5) is 17.0. The summed E-state index contributed by atoms with van der Waals surface area (Å²) in [5, 5.41) is 3.18. The van der Waals surface area contributed by atoms with Gasteiger partial charge in [0.2, 0.25) is 0 Å². The Hall–Kier alpha value is -1.59. The van der Waals surface area contributed by atoms with Crippen LogP contribution >= 0.6 is 0 Å². The molecule has 2 amide bonds. The third-order valence-corrected chi connectivity index (χ3v) is 5.26. The molecule has 1 N–H and O–H groups in total. The van der Waals surface area contributed by atoms with Crippen molar-refractivity contribution in [2.75, 3.05) is 40.4 Å². The molecule has 3 rings (SSSR count). The van der Waals surface area contributed by atoms with Gasteiger partial charge in [0.05, 0.1) is 6.61 Å². The van der Waals surface area contributed by atoms with Crippen LogP contribution in [0.15, 0.2) is 30.3 Å². The van der Waals surface area contributed by atoms with Crippen LogP contribution in [0.4, 0.5) is 4.79 Å².